The Hall–Kier alpha value is -2.70. The number of anilines is 1. The molecule has 1 atom stereocenters. The summed E-state index contributed by atoms with van der Waals surface area (Å²) in [5, 5.41) is 8.78. The van der Waals surface area contributed by atoms with E-state index in [-0.39, 0.29) is 11.6 Å². The summed E-state index contributed by atoms with van der Waals surface area (Å²) in [6.07, 6.45) is 3.79. The van der Waals surface area contributed by atoms with Gasteiger partial charge in [-0.2, -0.15) is 14.7 Å². The molecule has 1 aliphatic rings. The first-order valence-electron chi connectivity index (χ1n) is 8.24. The Kier molecular flexibility index (Phi) is 3.55. The highest BCUT2D eigenvalue weighted by molar-refractivity contribution is 5.53. The second-order valence-electron chi connectivity index (χ2n) is 6.34. The molecule has 3 aromatic heterocycles. The van der Waals surface area contributed by atoms with E-state index in [0.717, 1.165) is 42.2 Å². The Morgan fingerprint density at radius 1 is 1.25 bits per heavy atom. The van der Waals surface area contributed by atoms with Crippen LogP contribution in [0.25, 0.3) is 5.65 Å². The maximum atomic E-state index is 12.0. The van der Waals surface area contributed by atoms with Crippen LogP contribution in [0.4, 0.5) is 5.82 Å². The molecular formula is C17H20N6O. The zero-order valence-electron chi connectivity index (χ0n) is 13.9. The Labute approximate surface area is 139 Å². The van der Waals surface area contributed by atoms with Crippen LogP contribution in [0.5, 0.6) is 0 Å². The summed E-state index contributed by atoms with van der Waals surface area (Å²) in [7, 11) is 0. The normalized spacial score (nSPS) is 17.8. The van der Waals surface area contributed by atoms with Gasteiger partial charge in [-0.3, -0.25) is 4.79 Å². The van der Waals surface area contributed by atoms with Crippen molar-refractivity contribution in [1.82, 2.24) is 24.4 Å². The van der Waals surface area contributed by atoms with Crippen LogP contribution in [0, 0.1) is 13.8 Å². The lowest BCUT2D eigenvalue weighted by Gasteiger charge is -2.27. The molecule has 4 rings (SSSR count). The standard InChI is InChI=1S/C17H20N6O/c1-12-10-16(23-15(19-12)9-13(2)20-23)21-8-4-5-14(21)11-22-17(24)6-3-7-18-22/h3,6-7,9-10,14H,4-5,8,11H2,1-2H3. The van der Waals surface area contributed by atoms with Crippen LogP contribution >= 0.6 is 0 Å². The molecule has 1 fully saturated rings. The number of aryl methyl sites for hydroxylation is 2. The van der Waals surface area contributed by atoms with Gasteiger partial charge in [0.2, 0.25) is 0 Å². The third-order valence-corrected chi connectivity index (χ3v) is 4.50. The second kappa shape index (κ2) is 5.74. The topological polar surface area (TPSA) is 68.3 Å². The molecule has 24 heavy (non-hydrogen) atoms. The maximum Gasteiger partial charge on any atom is 0.266 e. The van der Waals surface area contributed by atoms with Crippen molar-refractivity contribution in [2.24, 2.45) is 0 Å². The molecule has 124 valence electrons. The first-order valence-corrected chi connectivity index (χ1v) is 8.24. The van der Waals surface area contributed by atoms with Crippen LogP contribution < -0.4 is 10.5 Å². The summed E-state index contributed by atoms with van der Waals surface area (Å²) in [5.74, 6) is 1.04. The lowest BCUT2D eigenvalue weighted by Crippen LogP contribution is -2.38. The van der Waals surface area contributed by atoms with Gasteiger partial charge in [-0.15, -0.1) is 0 Å². The Morgan fingerprint density at radius 3 is 2.96 bits per heavy atom. The molecule has 0 amide bonds. The molecule has 0 bridgehead atoms. The first kappa shape index (κ1) is 14.9. The van der Waals surface area contributed by atoms with Crippen molar-refractivity contribution in [2.75, 3.05) is 11.4 Å². The summed E-state index contributed by atoms with van der Waals surface area (Å²) < 4.78 is 3.45. The predicted molar refractivity (Wildman–Crippen MR) is 91.3 cm³/mol. The maximum absolute atomic E-state index is 12.0. The van der Waals surface area contributed by atoms with Crippen LogP contribution in [-0.2, 0) is 6.54 Å². The molecule has 3 aromatic rings. The van der Waals surface area contributed by atoms with Gasteiger partial charge in [0.25, 0.3) is 5.56 Å². The minimum atomic E-state index is -0.0599. The van der Waals surface area contributed by atoms with Gasteiger partial charge in [0, 0.05) is 36.6 Å². The van der Waals surface area contributed by atoms with Gasteiger partial charge in [0.05, 0.1) is 18.3 Å². The van der Waals surface area contributed by atoms with Gasteiger partial charge in [-0.25, -0.2) is 9.67 Å². The average Bonchev–Trinajstić information content (AvgIpc) is 3.14. The SMILES string of the molecule is Cc1cc(N2CCCC2Cn2ncccc2=O)n2nc(C)cc2n1. The number of rotatable bonds is 3. The molecule has 0 N–H and O–H groups in total. The highest BCUT2D eigenvalue weighted by atomic mass is 16.1. The number of hydrogen-bond donors (Lipinski definition) is 0. The molecule has 1 unspecified atom stereocenters. The molecule has 0 aromatic carbocycles. The zero-order chi connectivity index (χ0) is 16.7. The smallest absolute Gasteiger partial charge is 0.266 e. The van der Waals surface area contributed by atoms with Gasteiger partial charge < -0.3 is 4.90 Å². The van der Waals surface area contributed by atoms with E-state index in [9.17, 15) is 4.79 Å². The van der Waals surface area contributed by atoms with E-state index in [2.05, 4.69) is 26.1 Å². The fraction of sp³-hybridized carbons (Fsp3) is 0.412. The largest absolute Gasteiger partial charge is 0.352 e. The lowest BCUT2D eigenvalue weighted by molar-refractivity contribution is 0.485. The van der Waals surface area contributed by atoms with Gasteiger partial charge >= 0.3 is 0 Å². The highest BCUT2D eigenvalue weighted by Crippen LogP contribution is 2.27. The van der Waals surface area contributed by atoms with Crippen molar-refractivity contribution in [3.63, 3.8) is 0 Å². The van der Waals surface area contributed by atoms with E-state index in [1.165, 1.54) is 0 Å². The quantitative estimate of drug-likeness (QED) is 0.731. The molecule has 0 saturated carbocycles. The second-order valence-corrected chi connectivity index (χ2v) is 6.34. The number of fused-ring (bicyclic) bond motifs is 1. The minimum Gasteiger partial charge on any atom is -0.352 e. The van der Waals surface area contributed by atoms with Crippen LogP contribution in [-0.4, -0.2) is 37.0 Å². The molecule has 0 spiro atoms. The van der Waals surface area contributed by atoms with Crippen molar-refractivity contribution < 1.29 is 0 Å². The van der Waals surface area contributed by atoms with Gasteiger partial charge in [0.1, 0.15) is 5.82 Å². The van der Waals surface area contributed by atoms with Crippen molar-refractivity contribution in [2.45, 2.75) is 39.3 Å². The van der Waals surface area contributed by atoms with Gasteiger partial charge in [-0.1, -0.05) is 0 Å². The molecule has 1 aliphatic heterocycles. The van der Waals surface area contributed by atoms with E-state index in [1.54, 1.807) is 23.0 Å². The average molecular weight is 324 g/mol. The van der Waals surface area contributed by atoms with E-state index >= 15 is 0 Å². The third kappa shape index (κ3) is 2.55. The Morgan fingerprint density at radius 2 is 2.12 bits per heavy atom. The summed E-state index contributed by atoms with van der Waals surface area (Å²) in [5.41, 5.74) is 2.72. The van der Waals surface area contributed by atoms with Crippen LogP contribution in [0.3, 0.4) is 0 Å². The molecular weight excluding hydrogens is 304 g/mol. The van der Waals surface area contributed by atoms with E-state index < -0.39 is 0 Å². The fourth-order valence-corrected chi connectivity index (χ4v) is 3.45. The highest BCUT2D eigenvalue weighted by Gasteiger charge is 2.28. The fourth-order valence-electron chi connectivity index (χ4n) is 3.45. The first-order chi connectivity index (χ1) is 11.6. The molecule has 7 heteroatoms. The molecule has 0 aliphatic carbocycles. The summed E-state index contributed by atoms with van der Waals surface area (Å²) in [4.78, 5) is 18.9. The monoisotopic (exact) mass is 324 g/mol. The lowest BCUT2D eigenvalue weighted by atomic mass is 10.2. The number of nitrogens with zero attached hydrogens (tertiary/aromatic N) is 6. The van der Waals surface area contributed by atoms with Crippen molar-refractivity contribution in [1.29, 1.82) is 0 Å². The van der Waals surface area contributed by atoms with Crippen molar-refractivity contribution in [3.8, 4) is 0 Å². The summed E-state index contributed by atoms with van der Waals surface area (Å²) >= 11 is 0. The summed E-state index contributed by atoms with van der Waals surface area (Å²) in [6.45, 7) is 5.51. The van der Waals surface area contributed by atoms with Crippen molar-refractivity contribution >= 4 is 11.5 Å². The van der Waals surface area contributed by atoms with Gasteiger partial charge in [-0.05, 0) is 32.8 Å². The number of hydrogen-bond acceptors (Lipinski definition) is 5. The molecule has 0 radical (unpaired) electrons. The molecule has 7 nitrogen and oxygen atoms in total. The Balaban J connectivity index is 1.73. The zero-order valence-corrected chi connectivity index (χ0v) is 13.9. The van der Waals surface area contributed by atoms with E-state index in [1.807, 2.05) is 24.4 Å². The number of aromatic nitrogens is 5. The van der Waals surface area contributed by atoms with Gasteiger partial charge in [0.15, 0.2) is 5.65 Å². The molecule has 4 heterocycles. The Bertz CT molecular complexity index is 944. The van der Waals surface area contributed by atoms with Crippen molar-refractivity contribution in [3.05, 3.63) is 52.2 Å². The van der Waals surface area contributed by atoms with Crippen LogP contribution in [0.15, 0.2) is 35.3 Å². The minimum absolute atomic E-state index is 0.0599. The van der Waals surface area contributed by atoms with Crippen LogP contribution in [0.2, 0.25) is 0 Å². The summed E-state index contributed by atoms with van der Waals surface area (Å²) in [6, 6.07) is 7.52. The van der Waals surface area contributed by atoms with E-state index in [4.69, 9.17) is 0 Å². The third-order valence-electron chi connectivity index (χ3n) is 4.50. The predicted octanol–water partition coefficient (Wildman–Crippen LogP) is 1.57. The molecule has 1 saturated heterocycles. The van der Waals surface area contributed by atoms with Crippen LogP contribution in [0.1, 0.15) is 24.2 Å². The van der Waals surface area contributed by atoms with E-state index in [0.29, 0.717) is 6.54 Å².